The third kappa shape index (κ3) is 3.51. The quantitative estimate of drug-likeness (QED) is 0.754. The van der Waals surface area contributed by atoms with Crippen LogP contribution in [0.3, 0.4) is 0 Å². The van der Waals surface area contributed by atoms with Crippen molar-refractivity contribution in [3.63, 3.8) is 0 Å². The van der Waals surface area contributed by atoms with Gasteiger partial charge in [0.25, 0.3) is 0 Å². The van der Waals surface area contributed by atoms with E-state index >= 15 is 0 Å². The molecular formula is C13H21N. The lowest BCUT2D eigenvalue weighted by Crippen LogP contribution is -2.21. The van der Waals surface area contributed by atoms with E-state index in [4.69, 9.17) is 0 Å². The van der Waals surface area contributed by atoms with Gasteiger partial charge in [-0.25, -0.2) is 0 Å². The monoisotopic (exact) mass is 191 g/mol. The van der Waals surface area contributed by atoms with E-state index in [1.165, 1.54) is 24.0 Å². The van der Waals surface area contributed by atoms with Crippen molar-refractivity contribution in [1.82, 2.24) is 5.32 Å². The average Bonchev–Trinajstić information content (AvgIpc) is 2.26. The molecule has 0 amide bonds. The Bertz CT molecular complexity index is 250. The Hall–Kier alpha value is -0.820. The summed E-state index contributed by atoms with van der Waals surface area (Å²) >= 11 is 0. The molecule has 0 saturated heterocycles. The molecule has 0 aliphatic rings. The van der Waals surface area contributed by atoms with Gasteiger partial charge in [0.2, 0.25) is 0 Å². The molecule has 0 radical (unpaired) electrons. The highest BCUT2D eigenvalue weighted by atomic mass is 14.8. The van der Waals surface area contributed by atoms with E-state index in [1.807, 2.05) is 7.05 Å². The molecule has 1 N–H and O–H groups in total. The number of hydrogen-bond acceptors (Lipinski definition) is 1. The lowest BCUT2D eigenvalue weighted by atomic mass is 10.0. The summed E-state index contributed by atoms with van der Waals surface area (Å²) in [5, 5.41) is 3.26. The largest absolute Gasteiger partial charge is 0.317 e. The smallest absolute Gasteiger partial charge is 0.00388 e. The van der Waals surface area contributed by atoms with Crippen molar-refractivity contribution in [3.8, 4) is 0 Å². The van der Waals surface area contributed by atoms with Crippen LogP contribution in [-0.4, -0.2) is 13.1 Å². The maximum absolute atomic E-state index is 3.26. The van der Waals surface area contributed by atoms with Gasteiger partial charge in [-0.15, -0.1) is 0 Å². The van der Waals surface area contributed by atoms with Gasteiger partial charge in [-0.05, 0) is 44.4 Å². The molecule has 0 aliphatic heterocycles. The Morgan fingerprint density at radius 3 is 2.21 bits per heavy atom. The summed E-state index contributed by atoms with van der Waals surface area (Å²) in [4.78, 5) is 0. The average molecular weight is 191 g/mol. The minimum absolute atomic E-state index is 0.612. The molecule has 0 aliphatic carbocycles. The zero-order chi connectivity index (χ0) is 10.4. The first-order valence-corrected chi connectivity index (χ1v) is 5.51. The fraction of sp³-hybridized carbons (Fsp3) is 0.538. The number of nitrogens with one attached hydrogen (secondary N) is 1. The van der Waals surface area contributed by atoms with Crippen LogP contribution in [-0.2, 0) is 12.8 Å². The predicted octanol–water partition coefficient (Wildman–Crippen LogP) is 2.79. The van der Waals surface area contributed by atoms with Crippen LogP contribution in [0.5, 0.6) is 0 Å². The van der Waals surface area contributed by atoms with Crippen LogP contribution in [0.1, 0.15) is 31.4 Å². The molecule has 0 fully saturated rings. The molecule has 1 rings (SSSR count). The molecule has 1 nitrogen and oxygen atoms in total. The summed E-state index contributed by atoms with van der Waals surface area (Å²) in [6.45, 7) is 4.42. The van der Waals surface area contributed by atoms with Crippen LogP contribution >= 0.6 is 0 Å². The maximum atomic E-state index is 3.26. The van der Waals surface area contributed by atoms with E-state index in [-0.39, 0.29) is 0 Å². The molecule has 0 unspecified atom stereocenters. The van der Waals surface area contributed by atoms with E-state index in [0.29, 0.717) is 6.04 Å². The van der Waals surface area contributed by atoms with Crippen molar-refractivity contribution in [1.29, 1.82) is 0 Å². The fourth-order valence-corrected chi connectivity index (χ4v) is 1.47. The summed E-state index contributed by atoms with van der Waals surface area (Å²) in [6.07, 6.45) is 3.52. The molecular weight excluding hydrogens is 170 g/mol. The summed E-state index contributed by atoms with van der Waals surface area (Å²) < 4.78 is 0. The first kappa shape index (κ1) is 11.3. The van der Waals surface area contributed by atoms with Crippen LogP contribution in [0.15, 0.2) is 24.3 Å². The molecule has 1 heteroatoms. The molecule has 14 heavy (non-hydrogen) atoms. The van der Waals surface area contributed by atoms with Crippen molar-refractivity contribution in [2.75, 3.05) is 7.05 Å². The van der Waals surface area contributed by atoms with Crippen LogP contribution in [0, 0.1) is 0 Å². The summed E-state index contributed by atoms with van der Waals surface area (Å²) in [5.41, 5.74) is 2.87. The SMILES string of the molecule is CCc1ccc(CC[C@H](C)NC)cc1. The van der Waals surface area contributed by atoms with Gasteiger partial charge in [-0.1, -0.05) is 31.2 Å². The Morgan fingerprint density at radius 1 is 1.14 bits per heavy atom. The van der Waals surface area contributed by atoms with Crippen molar-refractivity contribution in [2.45, 2.75) is 39.2 Å². The second-order valence-corrected chi connectivity index (χ2v) is 3.90. The lowest BCUT2D eigenvalue weighted by molar-refractivity contribution is 0.565. The second kappa shape index (κ2) is 5.82. The highest BCUT2D eigenvalue weighted by molar-refractivity contribution is 5.22. The summed E-state index contributed by atoms with van der Waals surface area (Å²) in [7, 11) is 2.02. The van der Waals surface area contributed by atoms with Gasteiger partial charge in [0.05, 0.1) is 0 Å². The lowest BCUT2D eigenvalue weighted by Gasteiger charge is -2.09. The zero-order valence-corrected chi connectivity index (χ0v) is 9.51. The Morgan fingerprint density at radius 2 is 1.71 bits per heavy atom. The van der Waals surface area contributed by atoms with E-state index in [1.54, 1.807) is 0 Å². The minimum atomic E-state index is 0.612. The third-order valence-electron chi connectivity index (χ3n) is 2.79. The van der Waals surface area contributed by atoms with Gasteiger partial charge in [-0.2, -0.15) is 0 Å². The molecule has 1 atom stereocenters. The topological polar surface area (TPSA) is 12.0 Å². The van der Waals surface area contributed by atoms with Crippen LogP contribution in [0.25, 0.3) is 0 Å². The normalized spacial score (nSPS) is 12.8. The Labute approximate surface area is 87.5 Å². The standard InChI is InChI=1S/C13H21N/c1-4-12-7-9-13(10-8-12)6-5-11(2)14-3/h7-11,14H,4-6H2,1-3H3/t11-/m0/s1. The predicted molar refractivity (Wildman–Crippen MR) is 62.7 cm³/mol. The van der Waals surface area contributed by atoms with Crippen molar-refractivity contribution >= 4 is 0 Å². The Balaban J connectivity index is 2.43. The minimum Gasteiger partial charge on any atom is -0.317 e. The van der Waals surface area contributed by atoms with Gasteiger partial charge >= 0.3 is 0 Å². The van der Waals surface area contributed by atoms with Gasteiger partial charge in [-0.3, -0.25) is 0 Å². The molecule has 0 bridgehead atoms. The third-order valence-corrected chi connectivity index (χ3v) is 2.79. The number of benzene rings is 1. The van der Waals surface area contributed by atoms with Crippen molar-refractivity contribution < 1.29 is 0 Å². The van der Waals surface area contributed by atoms with Gasteiger partial charge in [0.1, 0.15) is 0 Å². The number of aryl methyl sites for hydroxylation is 2. The summed E-state index contributed by atoms with van der Waals surface area (Å²) in [5.74, 6) is 0. The molecule has 0 aromatic heterocycles. The molecule has 0 saturated carbocycles. The molecule has 0 spiro atoms. The number of rotatable bonds is 5. The molecule has 0 heterocycles. The highest BCUT2D eigenvalue weighted by Crippen LogP contribution is 2.08. The van der Waals surface area contributed by atoms with E-state index in [2.05, 4.69) is 43.4 Å². The molecule has 1 aromatic rings. The van der Waals surface area contributed by atoms with E-state index in [0.717, 1.165) is 6.42 Å². The fourth-order valence-electron chi connectivity index (χ4n) is 1.47. The van der Waals surface area contributed by atoms with Gasteiger partial charge < -0.3 is 5.32 Å². The molecule has 1 aromatic carbocycles. The van der Waals surface area contributed by atoms with Crippen molar-refractivity contribution in [3.05, 3.63) is 35.4 Å². The zero-order valence-electron chi connectivity index (χ0n) is 9.51. The van der Waals surface area contributed by atoms with Gasteiger partial charge in [0.15, 0.2) is 0 Å². The van der Waals surface area contributed by atoms with Crippen LogP contribution in [0.2, 0.25) is 0 Å². The first-order chi connectivity index (χ1) is 6.76. The van der Waals surface area contributed by atoms with Crippen molar-refractivity contribution in [2.24, 2.45) is 0 Å². The molecule has 78 valence electrons. The van der Waals surface area contributed by atoms with Crippen LogP contribution < -0.4 is 5.32 Å². The van der Waals surface area contributed by atoms with Crippen LogP contribution in [0.4, 0.5) is 0 Å². The van der Waals surface area contributed by atoms with E-state index in [9.17, 15) is 0 Å². The second-order valence-electron chi connectivity index (χ2n) is 3.90. The Kier molecular flexibility index (Phi) is 4.68. The first-order valence-electron chi connectivity index (χ1n) is 5.51. The summed E-state index contributed by atoms with van der Waals surface area (Å²) in [6, 6.07) is 9.59. The highest BCUT2D eigenvalue weighted by Gasteiger charge is 1.99. The maximum Gasteiger partial charge on any atom is 0.00388 e. The van der Waals surface area contributed by atoms with Gasteiger partial charge in [0, 0.05) is 6.04 Å². The van der Waals surface area contributed by atoms with E-state index < -0.39 is 0 Å². The number of hydrogen-bond donors (Lipinski definition) is 1.